The fourth-order valence-electron chi connectivity index (χ4n) is 0.352. The van der Waals surface area contributed by atoms with E-state index in [1.54, 1.807) is 6.92 Å². The lowest BCUT2D eigenvalue weighted by Gasteiger charge is -2.18. The molecule has 1 amide bonds. The van der Waals surface area contributed by atoms with Gasteiger partial charge in [-0.25, -0.2) is 0 Å². The van der Waals surface area contributed by atoms with Gasteiger partial charge in [0.1, 0.15) is 0 Å². The largest absolute Gasteiger partial charge is 0.330 e. The summed E-state index contributed by atoms with van der Waals surface area (Å²) in [5.74, 6) is 0. The molecule has 0 aromatic carbocycles. The Hall–Kier alpha value is -0.570. The van der Waals surface area contributed by atoms with Crippen LogP contribution >= 0.6 is 0 Å². The molecule has 1 atom stereocenters. The van der Waals surface area contributed by atoms with Crippen LogP contribution in [0.1, 0.15) is 6.92 Å². The Morgan fingerprint density at radius 3 is 2.50 bits per heavy atom. The maximum atomic E-state index is 9.98. The number of hydrogen-bond acceptors (Lipinski definition) is 2. The maximum Gasteiger partial charge on any atom is 0.210 e. The minimum Gasteiger partial charge on any atom is -0.330 e. The average Bonchev–Trinajstić information content (AvgIpc) is 1.69. The smallest absolute Gasteiger partial charge is 0.210 e. The number of amides is 1. The van der Waals surface area contributed by atoms with Crippen molar-refractivity contribution >= 4 is 6.41 Å². The molecular weight excluding hydrogens is 104 g/mol. The Morgan fingerprint density at radius 2 is 2.50 bits per heavy atom. The van der Waals surface area contributed by atoms with Gasteiger partial charge in [-0.1, -0.05) is 0 Å². The predicted octanol–water partition coefficient (Wildman–Crippen LogP) is -0.416. The Balaban J connectivity index is 3.51. The van der Waals surface area contributed by atoms with E-state index in [-0.39, 0.29) is 6.17 Å². The normalized spacial score (nSPS) is 12.9. The van der Waals surface area contributed by atoms with Crippen molar-refractivity contribution in [3.8, 4) is 0 Å². The zero-order chi connectivity index (χ0) is 6.57. The van der Waals surface area contributed by atoms with Gasteiger partial charge < -0.3 is 10.6 Å². The summed E-state index contributed by atoms with van der Waals surface area (Å²) in [4.78, 5) is 11.4. The topological polar surface area (TPSA) is 46.3 Å². The molecule has 0 bridgehead atoms. The van der Waals surface area contributed by atoms with Gasteiger partial charge >= 0.3 is 0 Å². The van der Waals surface area contributed by atoms with Gasteiger partial charge in [0, 0.05) is 6.54 Å². The van der Waals surface area contributed by atoms with Crippen molar-refractivity contribution in [1.82, 2.24) is 4.90 Å². The van der Waals surface area contributed by atoms with Crippen LogP contribution in [0, 0.1) is 6.92 Å². The lowest BCUT2D eigenvalue weighted by molar-refractivity contribution is -0.119. The van der Waals surface area contributed by atoms with Crippen LogP contribution in [0.15, 0.2) is 0 Å². The summed E-state index contributed by atoms with van der Waals surface area (Å²) in [6.45, 7) is 5.66. The van der Waals surface area contributed by atoms with E-state index >= 15 is 0 Å². The average molecular weight is 115 g/mol. The third-order valence-electron chi connectivity index (χ3n) is 0.917. The van der Waals surface area contributed by atoms with E-state index in [1.807, 2.05) is 0 Å². The molecular formula is C5H11N2O. The molecule has 0 saturated heterocycles. The SMILES string of the molecule is [CH2]CN(C=O)C(C)N. The Bertz CT molecular complexity index is 72.8. The molecule has 0 aliphatic rings. The zero-order valence-electron chi connectivity index (χ0n) is 5.00. The highest BCUT2D eigenvalue weighted by molar-refractivity contribution is 5.47. The van der Waals surface area contributed by atoms with Gasteiger partial charge in [-0.05, 0) is 13.8 Å². The van der Waals surface area contributed by atoms with E-state index in [1.165, 1.54) is 4.90 Å². The first-order valence-electron chi connectivity index (χ1n) is 2.48. The van der Waals surface area contributed by atoms with Crippen molar-refractivity contribution in [2.24, 2.45) is 5.73 Å². The van der Waals surface area contributed by atoms with Crippen LogP contribution in [0.25, 0.3) is 0 Å². The lowest BCUT2D eigenvalue weighted by atomic mass is 10.5. The minimum absolute atomic E-state index is 0.218. The number of carbonyl (C=O) groups is 1. The molecule has 0 rings (SSSR count). The van der Waals surface area contributed by atoms with Crippen molar-refractivity contribution in [2.75, 3.05) is 6.54 Å². The molecule has 0 heterocycles. The number of nitrogens with zero attached hydrogens (tertiary/aromatic N) is 1. The van der Waals surface area contributed by atoms with E-state index in [2.05, 4.69) is 6.92 Å². The van der Waals surface area contributed by atoms with Gasteiger partial charge in [-0.15, -0.1) is 0 Å². The highest BCUT2D eigenvalue weighted by atomic mass is 16.1. The molecule has 2 N–H and O–H groups in total. The Morgan fingerprint density at radius 1 is 2.00 bits per heavy atom. The number of hydrogen-bond donors (Lipinski definition) is 1. The van der Waals surface area contributed by atoms with Crippen LogP contribution in [-0.4, -0.2) is 24.0 Å². The molecule has 0 fully saturated rings. The Kier molecular flexibility index (Phi) is 3.19. The monoisotopic (exact) mass is 115 g/mol. The van der Waals surface area contributed by atoms with E-state index in [0.29, 0.717) is 13.0 Å². The molecule has 0 aliphatic carbocycles. The molecule has 3 nitrogen and oxygen atoms in total. The maximum absolute atomic E-state index is 9.98. The van der Waals surface area contributed by atoms with Gasteiger partial charge in [-0.2, -0.15) is 0 Å². The third kappa shape index (κ3) is 1.93. The van der Waals surface area contributed by atoms with Crippen LogP contribution in [0.4, 0.5) is 0 Å². The molecule has 0 saturated carbocycles. The summed E-state index contributed by atoms with van der Waals surface area (Å²) in [5.41, 5.74) is 5.31. The second kappa shape index (κ2) is 3.43. The quantitative estimate of drug-likeness (QED) is 0.401. The lowest BCUT2D eigenvalue weighted by Crippen LogP contribution is -2.38. The molecule has 47 valence electrons. The van der Waals surface area contributed by atoms with E-state index in [9.17, 15) is 4.79 Å². The minimum atomic E-state index is -0.218. The fraction of sp³-hybridized carbons (Fsp3) is 0.600. The van der Waals surface area contributed by atoms with Gasteiger partial charge in [-0.3, -0.25) is 4.79 Å². The first-order chi connectivity index (χ1) is 3.72. The molecule has 8 heavy (non-hydrogen) atoms. The number of carbonyl (C=O) groups excluding carboxylic acids is 1. The van der Waals surface area contributed by atoms with Crippen molar-refractivity contribution < 1.29 is 4.79 Å². The summed E-state index contributed by atoms with van der Waals surface area (Å²) >= 11 is 0. The van der Waals surface area contributed by atoms with E-state index < -0.39 is 0 Å². The van der Waals surface area contributed by atoms with Crippen LogP contribution < -0.4 is 5.73 Å². The van der Waals surface area contributed by atoms with E-state index in [4.69, 9.17) is 5.73 Å². The first kappa shape index (κ1) is 7.43. The number of nitrogens with two attached hydrogens (primary N) is 1. The summed E-state index contributed by atoms with van der Waals surface area (Å²) in [6, 6.07) is 0. The Labute approximate surface area is 49.5 Å². The predicted molar refractivity (Wildman–Crippen MR) is 31.8 cm³/mol. The molecule has 0 aromatic heterocycles. The van der Waals surface area contributed by atoms with Crippen LogP contribution in [0.2, 0.25) is 0 Å². The molecule has 1 radical (unpaired) electrons. The zero-order valence-corrected chi connectivity index (χ0v) is 5.00. The van der Waals surface area contributed by atoms with Gasteiger partial charge in [0.15, 0.2) is 0 Å². The first-order valence-corrected chi connectivity index (χ1v) is 2.48. The molecule has 0 spiro atoms. The fourth-order valence-corrected chi connectivity index (χ4v) is 0.352. The highest BCUT2D eigenvalue weighted by Gasteiger charge is 2.00. The second-order valence-corrected chi connectivity index (χ2v) is 1.58. The summed E-state index contributed by atoms with van der Waals surface area (Å²) in [5, 5.41) is 0. The second-order valence-electron chi connectivity index (χ2n) is 1.58. The summed E-state index contributed by atoms with van der Waals surface area (Å²) in [7, 11) is 0. The van der Waals surface area contributed by atoms with Gasteiger partial charge in [0.05, 0.1) is 6.17 Å². The van der Waals surface area contributed by atoms with Crippen molar-refractivity contribution in [1.29, 1.82) is 0 Å². The van der Waals surface area contributed by atoms with E-state index in [0.717, 1.165) is 0 Å². The van der Waals surface area contributed by atoms with Crippen LogP contribution in [0.5, 0.6) is 0 Å². The molecule has 3 heteroatoms. The molecule has 0 aliphatic heterocycles. The molecule has 1 unspecified atom stereocenters. The standard InChI is InChI=1S/C5H11N2O/c1-3-7(4-8)5(2)6/h4-5H,1,3,6H2,2H3. The summed E-state index contributed by atoms with van der Waals surface area (Å²) in [6.07, 6.45) is 0.475. The van der Waals surface area contributed by atoms with Crippen molar-refractivity contribution in [3.05, 3.63) is 6.92 Å². The molecule has 0 aromatic rings. The van der Waals surface area contributed by atoms with Crippen molar-refractivity contribution in [2.45, 2.75) is 13.1 Å². The van der Waals surface area contributed by atoms with Crippen molar-refractivity contribution in [3.63, 3.8) is 0 Å². The summed E-state index contributed by atoms with van der Waals surface area (Å²) < 4.78 is 0. The van der Waals surface area contributed by atoms with Gasteiger partial charge in [0.2, 0.25) is 6.41 Å². The third-order valence-corrected chi connectivity index (χ3v) is 0.917. The van der Waals surface area contributed by atoms with Gasteiger partial charge in [0.25, 0.3) is 0 Å². The van der Waals surface area contributed by atoms with Crippen LogP contribution in [-0.2, 0) is 4.79 Å². The highest BCUT2D eigenvalue weighted by Crippen LogP contribution is 1.83. The van der Waals surface area contributed by atoms with Crippen LogP contribution in [0.3, 0.4) is 0 Å². The number of rotatable bonds is 3.